The molecule has 0 aliphatic rings. The number of hydrogen-bond donors (Lipinski definition) is 1. The monoisotopic (exact) mass is 256 g/mol. The van der Waals surface area contributed by atoms with Crippen molar-refractivity contribution < 1.29 is 14.5 Å². The Morgan fingerprint density at radius 2 is 2.39 bits per heavy atom. The number of ether oxygens (including phenoxy) is 1. The van der Waals surface area contributed by atoms with Gasteiger partial charge in [-0.1, -0.05) is 0 Å². The van der Waals surface area contributed by atoms with Crippen LogP contribution in [0.5, 0.6) is 0 Å². The lowest BCUT2D eigenvalue weighted by Crippen LogP contribution is -2.26. The van der Waals surface area contributed by atoms with E-state index in [0.29, 0.717) is 26.2 Å². The lowest BCUT2D eigenvalue weighted by Gasteiger charge is -2.03. The molecule has 18 heavy (non-hydrogen) atoms. The number of nitrogens with one attached hydrogen (secondary N) is 1. The molecule has 0 radical (unpaired) electrons. The molecule has 0 aromatic carbocycles. The van der Waals surface area contributed by atoms with Crippen molar-refractivity contribution in [3.8, 4) is 0 Å². The number of hydrogen-bond acceptors (Lipinski definition) is 5. The fraction of sp³-hybridized carbons (Fsp3) is 0.600. The molecule has 100 valence electrons. The average Bonchev–Trinajstić information content (AvgIpc) is 2.71. The molecule has 1 aromatic rings. The lowest BCUT2D eigenvalue weighted by molar-refractivity contribution is -0.385. The molecule has 0 aliphatic heterocycles. The number of aromatic nitrogens is 2. The third-order valence-electron chi connectivity index (χ3n) is 2.18. The van der Waals surface area contributed by atoms with Crippen LogP contribution >= 0.6 is 0 Å². The van der Waals surface area contributed by atoms with Crippen LogP contribution in [0.15, 0.2) is 6.20 Å². The van der Waals surface area contributed by atoms with E-state index in [-0.39, 0.29) is 11.4 Å². The third kappa shape index (κ3) is 3.81. The molecule has 1 rings (SSSR count). The van der Waals surface area contributed by atoms with Crippen LogP contribution in [-0.2, 0) is 11.8 Å². The predicted octanol–water partition coefficient (Wildman–Crippen LogP) is 0.485. The summed E-state index contributed by atoms with van der Waals surface area (Å²) in [5.74, 6) is -0.543. The van der Waals surface area contributed by atoms with Crippen molar-refractivity contribution in [1.29, 1.82) is 0 Å². The van der Waals surface area contributed by atoms with Crippen LogP contribution in [0.4, 0.5) is 5.69 Å². The maximum absolute atomic E-state index is 11.7. The van der Waals surface area contributed by atoms with Gasteiger partial charge in [-0.3, -0.25) is 19.6 Å². The number of carbonyl (C=O) groups excluding carboxylic acids is 1. The minimum atomic E-state index is -0.623. The Hall–Kier alpha value is -1.96. The van der Waals surface area contributed by atoms with E-state index in [9.17, 15) is 14.9 Å². The van der Waals surface area contributed by atoms with E-state index in [1.54, 1.807) is 0 Å². The molecule has 0 fully saturated rings. The topological polar surface area (TPSA) is 99.3 Å². The number of aryl methyl sites for hydroxylation is 1. The summed E-state index contributed by atoms with van der Waals surface area (Å²) in [7, 11) is 1.53. The number of nitro groups is 1. The van der Waals surface area contributed by atoms with Gasteiger partial charge < -0.3 is 10.1 Å². The first-order chi connectivity index (χ1) is 8.56. The van der Waals surface area contributed by atoms with Crippen LogP contribution in [0, 0.1) is 10.1 Å². The highest BCUT2D eigenvalue weighted by atomic mass is 16.6. The highest BCUT2D eigenvalue weighted by molar-refractivity contribution is 5.95. The fourth-order valence-electron chi connectivity index (χ4n) is 1.38. The summed E-state index contributed by atoms with van der Waals surface area (Å²) in [6.45, 7) is 3.45. The zero-order valence-corrected chi connectivity index (χ0v) is 10.4. The summed E-state index contributed by atoms with van der Waals surface area (Å²) >= 11 is 0. The normalized spacial score (nSPS) is 10.3. The number of rotatable bonds is 7. The van der Waals surface area contributed by atoms with E-state index in [1.165, 1.54) is 17.9 Å². The van der Waals surface area contributed by atoms with E-state index in [2.05, 4.69) is 10.4 Å². The van der Waals surface area contributed by atoms with E-state index >= 15 is 0 Å². The summed E-state index contributed by atoms with van der Waals surface area (Å²) < 4.78 is 6.35. The molecule has 0 saturated heterocycles. The summed E-state index contributed by atoms with van der Waals surface area (Å²) in [4.78, 5) is 21.8. The first-order valence-electron chi connectivity index (χ1n) is 5.60. The van der Waals surface area contributed by atoms with Gasteiger partial charge >= 0.3 is 5.69 Å². The van der Waals surface area contributed by atoms with Gasteiger partial charge in [-0.15, -0.1) is 0 Å². The predicted molar refractivity (Wildman–Crippen MR) is 63.3 cm³/mol. The van der Waals surface area contributed by atoms with Crippen LogP contribution in [-0.4, -0.2) is 40.4 Å². The molecule has 0 saturated carbocycles. The molecule has 8 nitrogen and oxygen atoms in total. The van der Waals surface area contributed by atoms with Gasteiger partial charge in [-0.05, 0) is 13.3 Å². The van der Waals surface area contributed by atoms with Crippen molar-refractivity contribution in [3.63, 3.8) is 0 Å². The van der Waals surface area contributed by atoms with Crippen LogP contribution in [0.2, 0.25) is 0 Å². The van der Waals surface area contributed by atoms with Gasteiger partial charge in [-0.25, -0.2) is 0 Å². The Labute approximate surface area is 104 Å². The highest BCUT2D eigenvalue weighted by Gasteiger charge is 2.24. The molecule has 0 bridgehead atoms. The average molecular weight is 256 g/mol. The minimum absolute atomic E-state index is 0.168. The molecule has 1 N–H and O–H groups in total. The van der Waals surface area contributed by atoms with E-state index in [0.717, 1.165) is 0 Å². The van der Waals surface area contributed by atoms with Crippen LogP contribution in [0.1, 0.15) is 23.8 Å². The van der Waals surface area contributed by atoms with E-state index in [1.807, 2.05) is 6.92 Å². The minimum Gasteiger partial charge on any atom is -0.382 e. The first-order valence-corrected chi connectivity index (χ1v) is 5.60. The summed E-state index contributed by atoms with van der Waals surface area (Å²) in [6, 6.07) is 0. The molecule has 0 atom stereocenters. The van der Waals surface area contributed by atoms with E-state index < -0.39 is 10.8 Å². The number of nitrogens with zero attached hydrogens (tertiary/aromatic N) is 3. The number of carbonyl (C=O) groups is 1. The molecule has 1 aromatic heterocycles. The Morgan fingerprint density at radius 3 is 3.00 bits per heavy atom. The van der Waals surface area contributed by atoms with Crippen LogP contribution < -0.4 is 5.32 Å². The third-order valence-corrected chi connectivity index (χ3v) is 2.18. The molecule has 8 heteroatoms. The van der Waals surface area contributed by atoms with Crippen molar-refractivity contribution in [2.24, 2.45) is 7.05 Å². The second-order valence-electron chi connectivity index (χ2n) is 3.60. The van der Waals surface area contributed by atoms with E-state index in [4.69, 9.17) is 4.74 Å². The summed E-state index contributed by atoms with van der Waals surface area (Å²) in [5, 5.41) is 17.1. The van der Waals surface area contributed by atoms with Gasteiger partial charge in [0.05, 0.1) is 4.92 Å². The SMILES string of the molecule is CCOCCCNC(=O)c1nn(C)cc1[N+](=O)[O-]. The second kappa shape index (κ2) is 6.70. The standard InChI is InChI=1S/C10H16N4O4/c1-3-18-6-4-5-11-10(15)9-8(14(16)17)7-13(2)12-9/h7H,3-6H2,1-2H3,(H,11,15). The van der Waals surface area contributed by atoms with Gasteiger partial charge in [0.1, 0.15) is 6.20 Å². The van der Waals surface area contributed by atoms with Gasteiger partial charge in [0, 0.05) is 26.8 Å². The smallest absolute Gasteiger partial charge is 0.320 e. The molecule has 0 unspecified atom stereocenters. The van der Waals surface area contributed by atoms with Crippen molar-refractivity contribution in [2.45, 2.75) is 13.3 Å². The van der Waals surface area contributed by atoms with Crippen molar-refractivity contribution >= 4 is 11.6 Å². The summed E-state index contributed by atoms with van der Waals surface area (Å²) in [6.07, 6.45) is 1.86. The van der Waals surface area contributed by atoms with Gasteiger partial charge in [0.25, 0.3) is 5.91 Å². The fourth-order valence-corrected chi connectivity index (χ4v) is 1.38. The van der Waals surface area contributed by atoms with Crippen molar-refractivity contribution in [3.05, 3.63) is 22.0 Å². The van der Waals surface area contributed by atoms with Gasteiger partial charge in [0.2, 0.25) is 5.69 Å². The Bertz CT molecular complexity index is 430. The Kier molecular flexibility index (Phi) is 5.25. The first kappa shape index (κ1) is 14.1. The highest BCUT2D eigenvalue weighted by Crippen LogP contribution is 2.15. The van der Waals surface area contributed by atoms with Gasteiger partial charge in [0.15, 0.2) is 0 Å². The maximum atomic E-state index is 11.7. The second-order valence-corrected chi connectivity index (χ2v) is 3.60. The molecular weight excluding hydrogens is 240 g/mol. The summed E-state index contributed by atoms with van der Waals surface area (Å²) in [5.41, 5.74) is -0.460. The van der Waals surface area contributed by atoms with Crippen molar-refractivity contribution in [1.82, 2.24) is 15.1 Å². The molecular formula is C10H16N4O4. The largest absolute Gasteiger partial charge is 0.382 e. The molecule has 0 aliphatic carbocycles. The zero-order valence-electron chi connectivity index (χ0n) is 10.4. The van der Waals surface area contributed by atoms with Crippen molar-refractivity contribution in [2.75, 3.05) is 19.8 Å². The lowest BCUT2D eigenvalue weighted by atomic mass is 10.3. The molecule has 1 heterocycles. The van der Waals surface area contributed by atoms with Gasteiger partial charge in [-0.2, -0.15) is 5.10 Å². The molecule has 0 spiro atoms. The number of amides is 1. The quantitative estimate of drug-likeness (QED) is 0.434. The van der Waals surface area contributed by atoms with Crippen LogP contribution in [0.25, 0.3) is 0 Å². The van der Waals surface area contributed by atoms with Crippen LogP contribution in [0.3, 0.4) is 0 Å². The Morgan fingerprint density at radius 1 is 1.67 bits per heavy atom. The Balaban J connectivity index is 2.53. The molecule has 1 amide bonds. The maximum Gasteiger partial charge on any atom is 0.320 e. The zero-order chi connectivity index (χ0) is 13.5.